The van der Waals surface area contributed by atoms with Gasteiger partial charge in [-0.25, -0.2) is 0 Å². The number of carbonyl (C=O) groups is 3. The molecule has 1 aromatic heterocycles. The predicted octanol–water partition coefficient (Wildman–Crippen LogP) is 3.63. The van der Waals surface area contributed by atoms with Gasteiger partial charge in [0.25, 0.3) is 11.7 Å². The lowest BCUT2D eigenvalue weighted by molar-refractivity contribution is -0.133. The molecule has 4 rings (SSSR count). The summed E-state index contributed by atoms with van der Waals surface area (Å²) in [5.41, 5.74) is 1.21. The molecule has 2 atom stereocenters. The van der Waals surface area contributed by atoms with Gasteiger partial charge >= 0.3 is 0 Å². The maximum absolute atomic E-state index is 13.2. The highest BCUT2D eigenvalue weighted by Gasteiger charge is 2.34. The van der Waals surface area contributed by atoms with Crippen LogP contribution in [0.5, 0.6) is 0 Å². The number of hydrogen-bond donors (Lipinski definition) is 0. The van der Waals surface area contributed by atoms with Crippen molar-refractivity contribution < 1.29 is 14.4 Å². The van der Waals surface area contributed by atoms with Gasteiger partial charge in [0.05, 0.1) is 5.56 Å². The van der Waals surface area contributed by atoms with Crippen molar-refractivity contribution in [2.75, 3.05) is 13.1 Å². The first-order valence-electron chi connectivity index (χ1n) is 11.2. The Labute approximate surface area is 177 Å². The van der Waals surface area contributed by atoms with Crippen LogP contribution >= 0.6 is 0 Å². The first-order valence-corrected chi connectivity index (χ1v) is 11.2. The Hall–Kier alpha value is -2.63. The number of fused-ring (bicyclic) bond motifs is 1. The van der Waals surface area contributed by atoms with Crippen LogP contribution in [0, 0.1) is 0 Å². The molecule has 2 aromatic rings. The molecule has 2 amide bonds. The third kappa shape index (κ3) is 3.87. The van der Waals surface area contributed by atoms with E-state index in [-0.39, 0.29) is 24.5 Å². The van der Waals surface area contributed by atoms with E-state index in [9.17, 15) is 14.4 Å². The first-order chi connectivity index (χ1) is 14.5. The summed E-state index contributed by atoms with van der Waals surface area (Å²) in [6.45, 7) is 5.82. The number of rotatable bonds is 4. The summed E-state index contributed by atoms with van der Waals surface area (Å²) < 4.78 is 1.83. The van der Waals surface area contributed by atoms with E-state index < -0.39 is 11.7 Å². The van der Waals surface area contributed by atoms with Gasteiger partial charge in [-0.1, -0.05) is 18.2 Å². The van der Waals surface area contributed by atoms with Crippen LogP contribution in [0.1, 0.15) is 62.7 Å². The second-order valence-electron chi connectivity index (χ2n) is 8.80. The molecule has 2 aliphatic heterocycles. The van der Waals surface area contributed by atoms with Gasteiger partial charge in [-0.15, -0.1) is 0 Å². The number of carbonyl (C=O) groups excluding carboxylic acids is 3. The van der Waals surface area contributed by atoms with Crippen LogP contribution in [0.15, 0.2) is 30.5 Å². The van der Waals surface area contributed by atoms with E-state index in [0.29, 0.717) is 5.56 Å². The van der Waals surface area contributed by atoms with Gasteiger partial charge in [0.15, 0.2) is 0 Å². The molecule has 6 heteroatoms. The second kappa shape index (κ2) is 8.62. The lowest BCUT2D eigenvalue weighted by Crippen LogP contribution is -2.50. The predicted molar refractivity (Wildman–Crippen MR) is 116 cm³/mol. The zero-order valence-corrected chi connectivity index (χ0v) is 18.0. The van der Waals surface area contributed by atoms with E-state index in [4.69, 9.17) is 0 Å². The maximum Gasteiger partial charge on any atom is 0.295 e. The Bertz CT molecular complexity index is 948. The second-order valence-corrected chi connectivity index (χ2v) is 8.80. The van der Waals surface area contributed by atoms with Crippen LogP contribution in [0.2, 0.25) is 0 Å². The van der Waals surface area contributed by atoms with Crippen LogP contribution in [0.3, 0.4) is 0 Å². The fourth-order valence-electron chi connectivity index (χ4n) is 5.00. The summed E-state index contributed by atoms with van der Waals surface area (Å²) in [6.07, 6.45) is 7.89. The molecule has 160 valence electrons. The van der Waals surface area contributed by atoms with E-state index in [0.717, 1.165) is 56.1 Å². The molecule has 0 bridgehead atoms. The molecular formula is C24H31N3O3. The molecule has 1 aromatic carbocycles. The lowest BCUT2D eigenvalue weighted by atomic mass is 9.96. The first kappa shape index (κ1) is 20.6. The van der Waals surface area contributed by atoms with Gasteiger partial charge in [0.1, 0.15) is 6.54 Å². The van der Waals surface area contributed by atoms with E-state index in [1.165, 1.54) is 6.42 Å². The molecule has 2 fully saturated rings. The summed E-state index contributed by atoms with van der Waals surface area (Å²) in [5, 5.41) is 0.736. The minimum atomic E-state index is -0.476. The molecule has 0 saturated carbocycles. The van der Waals surface area contributed by atoms with Crippen LogP contribution in [-0.2, 0) is 16.1 Å². The third-order valence-corrected chi connectivity index (χ3v) is 6.67. The summed E-state index contributed by atoms with van der Waals surface area (Å²) >= 11 is 0. The minimum Gasteiger partial charge on any atom is -0.341 e. The van der Waals surface area contributed by atoms with E-state index in [2.05, 4.69) is 0 Å². The quantitative estimate of drug-likeness (QED) is 0.572. The molecule has 2 saturated heterocycles. The van der Waals surface area contributed by atoms with Gasteiger partial charge in [-0.05, 0) is 58.4 Å². The zero-order valence-electron chi connectivity index (χ0n) is 18.0. The van der Waals surface area contributed by atoms with E-state index in [1.54, 1.807) is 11.1 Å². The molecule has 2 aliphatic rings. The molecule has 3 heterocycles. The minimum absolute atomic E-state index is 0.0686. The topological polar surface area (TPSA) is 62.6 Å². The molecule has 30 heavy (non-hydrogen) atoms. The molecule has 0 unspecified atom stereocenters. The SMILES string of the molecule is C[C@H]1CCC[C@H](C)N1C(=O)C(=O)c1cn(CC(=O)N2CCCCC2)c2ccccc12. The average molecular weight is 410 g/mol. The number of piperidine rings is 2. The number of benzene rings is 1. The highest BCUT2D eigenvalue weighted by atomic mass is 16.2. The van der Waals surface area contributed by atoms with Gasteiger partial charge in [0.2, 0.25) is 5.91 Å². The number of likely N-dealkylation sites (tertiary alicyclic amines) is 2. The Kier molecular flexibility index (Phi) is 5.93. The molecule has 0 N–H and O–H groups in total. The fraction of sp³-hybridized carbons (Fsp3) is 0.542. The number of aromatic nitrogens is 1. The van der Waals surface area contributed by atoms with Crippen molar-refractivity contribution in [3.8, 4) is 0 Å². The van der Waals surface area contributed by atoms with Crippen LogP contribution in [-0.4, -0.2) is 57.1 Å². The molecule has 0 spiro atoms. The van der Waals surface area contributed by atoms with Crippen LogP contribution < -0.4 is 0 Å². The van der Waals surface area contributed by atoms with Crippen molar-refractivity contribution in [3.05, 3.63) is 36.0 Å². The molecular weight excluding hydrogens is 378 g/mol. The third-order valence-electron chi connectivity index (χ3n) is 6.67. The van der Waals surface area contributed by atoms with Gasteiger partial charge in [0, 0.05) is 42.3 Å². The number of nitrogens with zero attached hydrogens (tertiary/aromatic N) is 3. The Balaban J connectivity index is 1.62. The summed E-state index contributed by atoms with van der Waals surface area (Å²) in [4.78, 5) is 42.8. The Morgan fingerprint density at radius 2 is 1.60 bits per heavy atom. The van der Waals surface area contributed by atoms with Gasteiger partial charge < -0.3 is 14.4 Å². The highest BCUT2D eigenvalue weighted by Crippen LogP contribution is 2.27. The number of amides is 2. The fourth-order valence-corrected chi connectivity index (χ4v) is 5.00. The molecule has 6 nitrogen and oxygen atoms in total. The van der Waals surface area contributed by atoms with Gasteiger partial charge in [-0.3, -0.25) is 14.4 Å². The normalized spacial score (nSPS) is 22.3. The summed E-state index contributed by atoms with van der Waals surface area (Å²) in [5.74, 6) is -0.838. The van der Waals surface area contributed by atoms with E-state index in [1.807, 2.05) is 47.6 Å². The standard InChI is InChI=1S/C24H31N3O3/c1-17-9-8-10-18(2)27(17)24(30)23(29)20-15-26(21-12-5-4-11-19(20)21)16-22(28)25-13-6-3-7-14-25/h4-5,11-12,15,17-18H,3,6-10,13-14,16H2,1-2H3/t17-,18-/m0/s1. The summed E-state index contributed by atoms with van der Waals surface area (Å²) in [7, 11) is 0. The summed E-state index contributed by atoms with van der Waals surface area (Å²) in [6, 6.07) is 7.67. The van der Waals surface area contributed by atoms with Crippen molar-refractivity contribution in [1.29, 1.82) is 0 Å². The number of hydrogen-bond acceptors (Lipinski definition) is 3. The maximum atomic E-state index is 13.2. The monoisotopic (exact) mass is 409 g/mol. The van der Waals surface area contributed by atoms with Crippen molar-refractivity contribution in [2.45, 2.75) is 71.0 Å². The van der Waals surface area contributed by atoms with Gasteiger partial charge in [-0.2, -0.15) is 0 Å². The van der Waals surface area contributed by atoms with E-state index >= 15 is 0 Å². The van der Waals surface area contributed by atoms with Crippen molar-refractivity contribution in [1.82, 2.24) is 14.4 Å². The zero-order chi connectivity index (χ0) is 21.3. The lowest BCUT2D eigenvalue weighted by Gasteiger charge is -2.38. The average Bonchev–Trinajstić information content (AvgIpc) is 3.12. The Morgan fingerprint density at radius 3 is 2.30 bits per heavy atom. The number of ketones is 1. The van der Waals surface area contributed by atoms with Crippen molar-refractivity contribution in [3.63, 3.8) is 0 Å². The number of para-hydroxylation sites is 1. The van der Waals surface area contributed by atoms with Crippen molar-refractivity contribution in [2.24, 2.45) is 0 Å². The Morgan fingerprint density at radius 1 is 0.933 bits per heavy atom. The smallest absolute Gasteiger partial charge is 0.295 e. The van der Waals surface area contributed by atoms with Crippen molar-refractivity contribution >= 4 is 28.5 Å². The number of Topliss-reactive ketones (excluding diaryl/α,β-unsaturated/α-hetero) is 1. The molecule has 0 aliphatic carbocycles. The van der Waals surface area contributed by atoms with Crippen LogP contribution in [0.25, 0.3) is 10.9 Å². The largest absolute Gasteiger partial charge is 0.341 e. The highest BCUT2D eigenvalue weighted by molar-refractivity contribution is 6.45. The van der Waals surface area contributed by atoms with Crippen LogP contribution in [0.4, 0.5) is 0 Å². The molecule has 0 radical (unpaired) electrons.